The quantitative estimate of drug-likeness (QED) is 0.938. The van der Waals surface area contributed by atoms with Gasteiger partial charge in [0.15, 0.2) is 5.13 Å². The Morgan fingerprint density at radius 2 is 2.16 bits per heavy atom. The number of hydrogen-bond acceptors (Lipinski definition) is 5. The topological polar surface area (TPSA) is 28.2 Å². The molecule has 0 aliphatic carbocycles. The number of benzene rings is 1. The highest BCUT2D eigenvalue weighted by Crippen LogP contribution is 2.26. The predicted molar refractivity (Wildman–Crippen MR) is 86.6 cm³/mol. The van der Waals surface area contributed by atoms with Crippen LogP contribution in [0.4, 0.5) is 5.13 Å². The Hall–Kier alpha value is -0.780. The van der Waals surface area contributed by atoms with Gasteiger partial charge in [-0.05, 0) is 24.6 Å². The van der Waals surface area contributed by atoms with Crippen LogP contribution >= 0.6 is 23.1 Å². The smallest absolute Gasteiger partial charge is 0.183 e. The summed E-state index contributed by atoms with van der Waals surface area (Å²) in [6.45, 7) is 6.68. The lowest BCUT2D eigenvalue weighted by molar-refractivity contribution is 0.314. The van der Waals surface area contributed by atoms with E-state index in [1.54, 1.807) is 11.3 Å². The number of nitrogens with zero attached hydrogens (tertiary/aromatic N) is 2. The molecule has 0 saturated carbocycles. The summed E-state index contributed by atoms with van der Waals surface area (Å²) in [6, 6.07) is 6.46. The number of aromatic nitrogens is 1. The zero-order valence-corrected chi connectivity index (χ0v) is 12.8. The van der Waals surface area contributed by atoms with Crippen molar-refractivity contribution in [3.8, 4) is 0 Å². The minimum absolute atomic E-state index is 0.990. The molecular weight excluding hydrogens is 274 g/mol. The maximum Gasteiger partial charge on any atom is 0.183 e. The van der Waals surface area contributed by atoms with E-state index in [-0.39, 0.29) is 0 Å². The summed E-state index contributed by atoms with van der Waals surface area (Å²) in [5, 5.41) is 4.51. The molecule has 102 valence electrons. The molecule has 5 heteroatoms. The number of aryl methyl sites for hydroxylation is 1. The number of anilines is 1. The van der Waals surface area contributed by atoms with Gasteiger partial charge in [0, 0.05) is 37.7 Å². The van der Waals surface area contributed by atoms with Crippen LogP contribution in [-0.2, 0) is 0 Å². The molecule has 1 saturated heterocycles. The molecule has 2 heterocycles. The summed E-state index contributed by atoms with van der Waals surface area (Å²) in [6.07, 6.45) is 0. The molecule has 0 atom stereocenters. The van der Waals surface area contributed by atoms with E-state index in [4.69, 9.17) is 0 Å². The van der Waals surface area contributed by atoms with Crippen molar-refractivity contribution in [2.75, 3.05) is 43.0 Å². The number of thiazole rings is 1. The second-order valence-electron chi connectivity index (χ2n) is 4.87. The molecule has 0 unspecified atom stereocenters. The third-order valence-corrected chi connectivity index (χ3v) is 5.29. The summed E-state index contributed by atoms with van der Waals surface area (Å²) in [7, 11) is 0. The minimum atomic E-state index is 0.990. The molecule has 1 aliphatic rings. The molecule has 1 aromatic carbocycles. The van der Waals surface area contributed by atoms with E-state index in [0.29, 0.717) is 0 Å². The van der Waals surface area contributed by atoms with E-state index in [9.17, 15) is 0 Å². The average Bonchev–Trinajstić information content (AvgIpc) is 2.82. The molecule has 1 fully saturated rings. The molecule has 0 amide bonds. The molecule has 0 bridgehead atoms. The van der Waals surface area contributed by atoms with Crippen LogP contribution in [0.2, 0.25) is 0 Å². The fourth-order valence-electron chi connectivity index (χ4n) is 2.26. The van der Waals surface area contributed by atoms with Gasteiger partial charge < -0.3 is 5.32 Å². The van der Waals surface area contributed by atoms with E-state index in [2.05, 4.69) is 52.1 Å². The van der Waals surface area contributed by atoms with Gasteiger partial charge in [-0.3, -0.25) is 4.90 Å². The molecule has 3 nitrogen and oxygen atoms in total. The highest BCUT2D eigenvalue weighted by Gasteiger charge is 2.10. The first-order chi connectivity index (χ1) is 9.31. The molecule has 1 aromatic heterocycles. The van der Waals surface area contributed by atoms with Crippen LogP contribution in [0.1, 0.15) is 5.56 Å². The number of fused-ring (bicyclic) bond motifs is 1. The number of rotatable bonds is 4. The van der Waals surface area contributed by atoms with E-state index in [0.717, 1.165) is 23.7 Å². The predicted octanol–water partition coefficient (Wildman–Crippen LogP) is 3.07. The standard InChI is InChI=1S/C14H19N3S2/c1-11-2-3-13-12(10-11)16-14(19-13)15-4-5-17-6-8-18-9-7-17/h2-3,10H,4-9H2,1H3,(H,15,16). The summed E-state index contributed by atoms with van der Waals surface area (Å²) < 4.78 is 1.27. The maximum absolute atomic E-state index is 4.64. The second-order valence-corrected chi connectivity index (χ2v) is 7.13. The van der Waals surface area contributed by atoms with Gasteiger partial charge in [0.1, 0.15) is 0 Å². The van der Waals surface area contributed by atoms with Crippen LogP contribution in [0, 0.1) is 6.92 Å². The third-order valence-electron chi connectivity index (χ3n) is 3.35. The SMILES string of the molecule is Cc1ccc2sc(NCCN3CCSCC3)nc2c1. The number of hydrogen-bond donors (Lipinski definition) is 1. The van der Waals surface area contributed by atoms with Gasteiger partial charge in [0.2, 0.25) is 0 Å². The number of nitrogens with one attached hydrogen (secondary N) is 1. The van der Waals surface area contributed by atoms with Crippen molar-refractivity contribution < 1.29 is 0 Å². The minimum Gasteiger partial charge on any atom is -0.360 e. The first-order valence-corrected chi connectivity index (χ1v) is 8.69. The fourth-order valence-corrected chi connectivity index (χ4v) is 4.11. The van der Waals surface area contributed by atoms with Crippen LogP contribution in [0.5, 0.6) is 0 Å². The Kier molecular flexibility index (Phi) is 4.25. The van der Waals surface area contributed by atoms with Crippen LogP contribution in [-0.4, -0.2) is 47.6 Å². The molecule has 3 rings (SSSR count). The van der Waals surface area contributed by atoms with Gasteiger partial charge in [0.05, 0.1) is 10.2 Å². The second kappa shape index (κ2) is 6.11. The van der Waals surface area contributed by atoms with Crippen LogP contribution in [0.3, 0.4) is 0 Å². The van der Waals surface area contributed by atoms with Crippen molar-refractivity contribution in [3.63, 3.8) is 0 Å². The number of thioether (sulfide) groups is 1. The zero-order valence-electron chi connectivity index (χ0n) is 11.2. The highest BCUT2D eigenvalue weighted by molar-refractivity contribution is 7.99. The Bertz CT molecular complexity index is 547. The maximum atomic E-state index is 4.64. The van der Waals surface area contributed by atoms with Gasteiger partial charge in [0.25, 0.3) is 0 Å². The van der Waals surface area contributed by atoms with Crippen molar-refractivity contribution >= 4 is 38.4 Å². The Labute approximate surface area is 122 Å². The van der Waals surface area contributed by atoms with E-state index in [1.807, 2.05) is 0 Å². The van der Waals surface area contributed by atoms with Crippen molar-refractivity contribution in [3.05, 3.63) is 23.8 Å². The third kappa shape index (κ3) is 3.41. The van der Waals surface area contributed by atoms with Crippen molar-refractivity contribution in [2.24, 2.45) is 0 Å². The average molecular weight is 293 g/mol. The normalized spacial score (nSPS) is 16.9. The summed E-state index contributed by atoms with van der Waals surface area (Å²) in [5.74, 6) is 2.56. The summed E-state index contributed by atoms with van der Waals surface area (Å²) in [5.41, 5.74) is 2.39. The lowest BCUT2D eigenvalue weighted by Gasteiger charge is -2.25. The van der Waals surface area contributed by atoms with Gasteiger partial charge in [-0.2, -0.15) is 11.8 Å². The monoisotopic (exact) mass is 293 g/mol. The van der Waals surface area contributed by atoms with Gasteiger partial charge in [-0.25, -0.2) is 4.98 Å². The van der Waals surface area contributed by atoms with Gasteiger partial charge >= 0.3 is 0 Å². The summed E-state index contributed by atoms with van der Waals surface area (Å²) >= 11 is 3.81. The van der Waals surface area contributed by atoms with E-state index in [1.165, 1.54) is 34.9 Å². The Balaban J connectivity index is 1.56. The van der Waals surface area contributed by atoms with Crippen molar-refractivity contribution in [1.82, 2.24) is 9.88 Å². The first kappa shape index (κ1) is 13.2. The van der Waals surface area contributed by atoms with Gasteiger partial charge in [-0.15, -0.1) is 0 Å². The zero-order chi connectivity index (χ0) is 13.1. The fraction of sp³-hybridized carbons (Fsp3) is 0.500. The lowest BCUT2D eigenvalue weighted by atomic mass is 10.2. The Morgan fingerprint density at radius 3 is 3.00 bits per heavy atom. The van der Waals surface area contributed by atoms with Gasteiger partial charge in [-0.1, -0.05) is 17.4 Å². The lowest BCUT2D eigenvalue weighted by Crippen LogP contribution is -2.36. The van der Waals surface area contributed by atoms with E-state index >= 15 is 0 Å². The molecule has 2 aromatic rings. The van der Waals surface area contributed by atoms with Crippen molar-refractivity contribution in [1.29, 1.82) is 0 Å². The Morgan fingerprint density at radius 1 is 1.32 bits per heavy atom. The molecular formula is C14H19N3S2. The summed E-state index contributed by atoms with van der Waals surface area (Å²) in [4.78, 5) is 7.17. The largest absolute Gasteiger partial charge is 0.360 e. The first-order valence-electron chi connectivity index (χ1n) is 6.72. The molecule has 1 aliphatic heterocycles. The van der Waals surface area contributed by atoms with E-state index < -0.39 is 0 Å². The van der Waals surface area contributed by atoms with Crippen LogP contribution in [0.15, 0.2) is 18.2 Å². The molecule has 0 radical (unpaired) electrons. The van der Waals surface area contributed by atoms with Crippen LogP contribution in [0.25, 0.3) is 10.2 Å². The molecule has 0 spiro atoms. The molecule has 19 heavy (non-hydrogen) atoms. The van der Waals surface area contributed by atoms with Crippen LogP contribution < -0.4 is 5.32 Å². The molecule has 1 N–H and O–H groups in total. The highest BCUT2D eigenvalue weighted by atomic mass is 32.2. The van der Waals surface area contributed by atoms with Crippen molar-refractivity contribution in [2.45, 2.75) is 6.92 Å².